The average molecular weight is 297 g/mol. The highest BCUT2D eigenvalue weighted by molar-refractivity contribution is 7.80. The SMILES string of the molecule is CCNC(=S)Nc1nc(OC)cc(N2CCOCC2)n1. The molecule has 0 saturated carbocycles. The molecule has 1 aromatic rings. The van der Waals surface area contributed by atoms with E-state index >= 15 is 0 Å². The van der Waals surface area contributed by atoms with E-state index in [0.29, 0.717) is 30.2 Å². The molecule has 0 radical (unpaired) electrons. The minimum atomic E-state index is 0.428. The molecule has 2 heterocycles. The number of rotatable bonds is 4. The van der Waals surface area contributed by atoms with Crippen molar-refractivity contribution in [3.05, 3.63) is 6.07 Å². The molecule has 1 fully saturated rings. The van der Waals surface area contributed by atoms with E-state index < -0.39 is 0 Å². The molecule has 0 bridgehead atoms. The summed E-state index contributed by atoms with van der Waals surface area (Å²) in [6.07, 6.45) is 0. The summed E-state index contributed by atoms with van der Waals surface area (Å²) in [6, 6.07) is 1.81. The van der Waals surface area contributed by atoms with Crippen LogP contribution in [0.25, 0.3) is 0 Å². The number of thiocarbonyl (C=S) groups is 1. The van der Waals surface area contributed by atoms with Crippen molar-refractivity contribution in [1.82, 2.24) is 15.3 Å². The van der Waals surface area contributed by atoms with E-state index in [-0.39, 0.29) is 0 Å². The fourth-order valence-corrected chi connectivity index (χ4v) is 2.07. The number of hydrogen-bond acceptors (Lipinski definition) is 6. The Balaban J connectivity index is 2.16. The molecule has 1 aromatic heterocycles. The molecule has 7 nitrogen and oxygen atoms in total. The standard InChI is InChI=1S/C12H19N5O2S/c1-3-13-12(20)16-11-14-9(8-10(15-11)18-2)17-4-6-19-7-5-17/h8H,3-7H2,1-2H3,(H2,13,14,15,16,20). The number of morpholine rings is 1. The number of aromatic nitrogens is 2. The summed E-state index contributed by atoms with van der Waals surface area (Å²) in [5.41, 5.74) is 0. The summed E-state index contributed by atoms with van der Waals surface area (Å²) in [5.74, 6) is 1.74. The van der Waals surface area contributed by atoms with Crippen molar-refractivity contribution in [2.45, 2.75) is 6.92 Å². The maximum absolute atomic E-state index is 5.34. The van der Waals surface area contributed by atoms with Crippen LogP contribution in [-0.2, 0) is 4.74 Å². The maximum Gasteiger partial charge on any atom is 0.234 e. The van der Waals surface area contributed by atoms with E-state index in [1.54, 1.807) is 7.11 Å². The first kappa shape index (κ1) is 14.7. The molecule has 0 amide bonds. The molecule has 110 valence electrons. The van der Waals surface area contributed by atoms with Crippen molar-refractivity contribution < 1.29 is 9.47 Å². The summed E-state index contributed by atoms with van der Waals surface area (Å²) in [6.45, 7) is 5.72. The van der Waals surface area contributed by atoms with Gasteiger partial charge >= 0.3 is 0 Å². The number of nitrogens with zero attached hydrogens (tertiary/aromatic N) is 3. The van der Waals surface area contributed by atoms with Crippen molar-refractivity contribution in [1.29, 1.82) is 0 Å². The Labute approximate surface area is 123 Å². The zero-order chi connectivity index (χ0) is 14.4. The van der Waals surface area contributed by atoms with Gasteiger partial charge in [0.1, 0.15) is 5.82 Å². The van der Waals surface area contributed by atoms with E-state index in [1.165, 1.54) is 0 Å². The number of methoxy groups -OCH3 is 1. The minimum Gasteiger partial charge on any atom is -0.481 e. The maximum atomic E-state index is 5.34. The first-order valence-corrected chi connectivity index (χ1v) is 6.94. The third kappa shape index (κ3) is 3.91. The van der Waals surface area contributed by atoms with Gasteiger partial charge in [-0.2, -0.15) is 9.97 Å². The van der Waals surface area contributed by atoms with E-state index in [2.05, 4.69) is 25.5 Å². The molecular formula is C12H19N5O2S. The van der Waals surface area contributed by atoms with Gasteiger partial charge in [0.25, 0.3) is 0 Å². The molecule has 20 heavy (non-hydrogen) atoms. The highest BCUT2D eigenvalue weighted by Crippen LogP contribution is 2.20. The molecule has 1 saturated heterocycles. The number of hydrogen-bond donors (Lipinski definition) is 2. The Morgan fingerprint density at radius 1 is 1.45 bits per heavy atom. The lowest BCUT2D eigenvalue weighted by atomic mass is 10.4. The first-order valence-electron chi connectivity index (χ1n) is 6.53. The van der Waals surface area contributed by atoms with Crippen LogP contribution in [-0.4, -0.2) is 55.0 Å². The largest absolute Gasteiger partial charge is 0.481 e. The smallest absolute Gasteiger partial charge is 0.234 e. The van der Waals surface area contributed by atoms with Gasteiger partial charge in [0.05, 0.1) is 20.3 Å². The van der Waals surface area contributed by atoms with Crippen molar-refractivity contribution in [2.75, 3.05) is 50.2 Å². The molecule has 0 unspecified atom stereocenters. The van der Waals surface area contributed by atoms with E-state index in [0.717, 1.165) is 25.5 Å². The number of anilines is 2. The first-order chi connectivity index (χ1) is 9.72. The van der Waals surface area contributed by atoms with Gasteiger partial charge < -0.3 is 25.0 Å². The Kier molecular flexibility index (Phi) is 5.31. The highest BCUT2D eigenvalue weighted by Gasteiger charge is 2.15. The topological polar surface area (TPSA) is 71.5 Å². The predicted molar refractivity (Wildman–Crippen MR) is 81.5 cm³/mol. The second-order valence-corrected chi connectivity index (χ2v) is 4.58. The molecule has 8 heteroatoms. The summed E-state index contributed by atoms with van der Waals surface area (Å²) in [7, 11) is 1.58. The molecule has 2 rings (SSSR count). The normalized spacial score (nSPS) is 14.8. The van der Waals surface area contributed by atoms with Gasteiger partial charge in [-0.1, -0.05) is 0 Å². The van der Waals surface area contributed by atoms with Crippen molar-refractivity contribution in [2.24, 2.45) is 0 Å². The van der Waals surface area contributed by atoms with Crippen LogP contribution in [0.15, 0.2) is 6.07 Å². The number of nitrogens with one attached hydrogen (secondary N) is 2. The summed E-state index contributed by atoms with van der Waals surface area (Å²) in [5, 5.41) is 6.45. The lowest BCUT2D eigenvalue weighted by molar-refractivity contribution is 0.122. The van der Waals surface area contributed by atoms with Crippen molar-refractivity contribution in [3.63, 3.8) is 0 Å². The third-order valence-electron chi connectivity index (χ3n) is 2.80. The Morgan fingerprint density at radius 2 is 2.20 bits per heavy atom. The van der Waals surface area contributed by atoms with E-state index in [4.69, 9.17) is 21.7 Å². The lowest BCUT2D eigenvalue weighted by Gasteiger charge is -2.28. The second-order valence-electron chi connectivity index (χ2n) is 4.18. The second kappa shape index (κ2) is 7.20. The zero-order valence-electron chi connectivity index (χ0n) is 11.7. The zero-order valence-corrected chi connectivity index (χ0v) is 12.5. The molecule has 1 aliphatic heterocycles. The molecule has 0 spiro atoms. The number of ether oxygens (including phenoxy) is 2. The van der Waals surface area contributed by atoms with Crippen LogP contribution in [0.3, 0.4) is 0 Å². The Bertz CT molecular complexity index is 465. The van der Waals surface area contributed by atoms with Gasteiger partial charge in [-0.3, -0.25) is 0 Å². The minimum absolute atomic E-state index is 0.428. The molecule has 0 aliphatic carbocycles. The lowest BCUT2D eigenvalue weighted by Crippen LogP contribution is -2.37. The van der Waals surface area contributed by atoms with E-state index in [9.17, 15) is 0 Å². The summed E-state index contributed by atoms with van der Waals surface area (Å²) < 4.78 is 10.6. The van der Waals surface area contributed by atoms with Gasteiger partial charge in [-0.25, -0.2) is 0 Å². The van der Waals surface area contributed by atoms with Gasteiger partial charge in [-0.15, -0.1) is 0 Å². The van der Waals surface area contributed by atoms with Gasteiger partial charge in [0.2, 0.25) is 11.8 Å². The molecule has 1 aliphatic rings. The summed E-state index contributed by atoms with van der Waals surface area (Å²) >= 11 is 5.14. The van der Waals surface area contributed by atoms with Crippen LogP contribution in [0, 0.1) is 0 Å². The Hall–Kier alpha value is -1.67. The highest BCUT2D eigenvalue weighted by atomic mass is 32.1. The van der Waals surface area contributed by atoms with E-state index in [1.807, 2.05) is 13.0 Å². The fraction of sp³-hybridized carbons (Fsp3) is 0.583. The summed E-state index contributed by atoms with van der Waals surface area (Å²) in [4.78, 5) is 10.8. The van der Waals surface area contributed by atoms with Crippen molar-refractivity contribution in [3.8, 4) is 5.88 Å². The molecule has 0 aromatic carbocycles. The molecule has 0 atom stereocenters. The Morgan fingerprint density at radius 3 is 2.85 bits per heavy atom. The van der Waals surface area contributed by atoms with Gasteiger partial charge in [0, 0.05) is 25.7 Å². The van der Waals surface area contributed by atoms with Crippen LogP contribution in [0.2, 0.25) is 0 Å². The third-order valence-corrected chi connectivity index (χ3v) is 3.04. The van der Waals surface area contributed by atoms with Crippen LogP contribution in [0.1, 0.15) is 6.92 Å². The van der Waals surface area contributed by atoms with Crippen LogP contribution < -0.4 is 20.3 Å². The molecule has 2 N–H and O–H groups in total. The van der Waals surface area contributed by atoms with Crippen LogP contribution in [0.5, 0.6) is 5.88 Å². The van der Waals surface area contributed by atoms with Gasteiger partial charge in [0.15, 0.2) is 5.11 Å². The monoisotopic (exact) mass is 297 g/mol. The fourth-order valence-electron chi connectivity index (χ4n) is 1.83. The predicted octanol–water partition coefficient (Wildman–Crippen LogP) is 0.628. The quantitative estimate of drug-likeness (QED) is 0.784. The molecular weight excluding hydrogens is 278 g/mol. The van der Waals surface area contributed by atoms with Crippen LogP contribution in [0.4, 0.5) is 11.8 Å². The van der Waals surface area contributed by atoms with Crippen LogP contribution >= 0.6 is 12.2 Å². The van der Waals surface area contributed by atoms with Crippen molar-refractivity contribution >= 4 is 29.1 Å². The van der Waals surface area contributed by atoms with Gasteiger partial charge in [-0.05, 0) is 19.1 Å². The average Bonchev–Trinajstić information content (AvgIpc) is 2.48.